The number of carbonyl (C=O) groups is 3. The first-order valence-corrected chi connectivity index (χ1v) is 8.67. The molecule has 1 saturated carbocycles. The third kappa shape index (κ3) is 4.46. The van der Waals surface area contributed by atoms with Crippen molar-refractivity contribution in [3.05, 3.63) is 59.4 Å². The van der Waals surface area contributed by atoms with Crippen LogP contribution in [0.4, 0.5) is 10.1 Å². The van der Waals surface area contributed by atoms with E-state index in [0.29, 0.717) is 5.69 Å². The van der Waals surface area contributed by atoms with E-state index in [1.807, 2.05) is 0 Å². The molecule has 1 unspecified atom stereocenters. The number of nitrogens with one attached hydrogen (secondary N) is 2. The number of ether oxygens (including phenoxy) is 1. The quantitative estimate of drug-likeness (QED) is 0.679. The monoisotopic (exact) mass is 386 g/mol. The van der Waals surface area contributed by atoms with Gasteiger partial charge in [0.25, 0.3) is 5.91 Å². The molecule has 7 nitrogen and oxygen atoms in total. The predicted molar refractivity (Wildman–Crippen MR) is 98.6 cm³/mol. The number of anilines is 1. The molecule has 3 rings (SSSR count). The van der Waals surface area contributed by atoms with Gasteiger partial charge in [0.05, 0.1) is 7.11 Å². The summed E-state index contributed by atoms with van der Waals surface area (Å²) >= 11 is 0. The highest BCUT2D eigenvalue weighted by atomic mass is 19.1. The number of aliphatic carboxylic acids is 1. The zero-order valence-corrected chi connectivity index (χ0v) is 15.1. The van der Waals surface area contributed by atoms with Crippen LogP contribution < -0.4 is 15.4 Å². The first-order valence-electron chi connectivity index (χ1n) is 8.67. The molecule has 0 radical (unpaired) electrons. The van der Waals surface area contributed by atoms with Gasteiger partial charge in [-0.25, -0.2) is 9.18 Å². The van der Waals surface area contributed by atoms with Crippen LogP contribution >= 0.6 is 0 Å². The van der Waals surface area contributed by atoms with Crippen molar-refractivity contribution in [3.63, 3.8) is 0 Å². The first-order chi connectivity index (χ1) is 13.4. The smallest absolute Gasteiger partial charge is 0.330 e. The number of carboxylic acid groups (broad SMARTS) is 1. The average molecular weight is 386 g/mol. The van der Waals surface area contributed by atoms with Crippen molar-refractivity contribution >= 4 is 23.5 Å². The van der Waals surface area contributed by atoms with E-state index in [4.69, 9.17) is 4.74 Å². The van der Waals surface area contributed by atoms with Crippen LogP contribution in [-0.2, 0) is 9.59 Å². The van der Waals surface area contributed by atoms with Crippen molar-refractivity contribution in [3.8, 4) is 5.75 Å². The fourth-order valence-corrected chi connectivity index (χ4v) is 2.66. The summed E-state index contributed by atoms with van der Waals surface area (Å²) in [6.45, 7) is 0. The summed E-state index contributed by atoms with van der Waals surface area (Å²) in [6.07, 6.45) is 1.77. The molecule has 28 heavy (non-hydrogen) atoms. The standard InChI is InChI=1S/C20H19FN2O5/c1-28-16-9-6-13(10-15(16)21)17(20(26)27)23-19(25)12-4-7-14(8-5-12)22-18(24)11-2-3-11/h4-11,17H,2-3H2,1H3,(H,22,24)(H,23,25)(H,26,27). The van der Waals surface area contributed by atoms with Crippen LogP contribution in [0.5, 0.6) is 5.75 Å². The molecule has 2 aromatic carbocycles. The minimum absolute atomic E-state index is 0.0250. The lowest BCUT2D eigenvalue weighted by molar-refractivity contribution is -0.139. The Balaban J connectivity index is 1.70. The topological polar surface area (TPSA) is 105 Å². The summed E-state index contributed by atoms with van der Waals surface area (Å²) in [4.78, 5) is 35.7. The summed E-state index contributed by atoms with van der Waals surface area (Å²) < 4.78 is 18.7. The summed E-state index contributed by atoms with van der Waals surface area (Å²) in [6, 6.07) is 8.34. The van der Waals surface area contributed by atoms with Crippen molar-refractivity contribution in [2.45, 2.75) is 18.9 Å². The largest absolute Gasteiger partial charge is 0.494 e. The van der Waals surface area contributed by atoms with E-state index in [1.165, 1.54) is 31.4 Å². The van der Waals surface area contributed by atoms with E-state index < -0.39 is 23.7 Å². The Hall–Kier alpha value is -3.42. The summed E-state index contributed by atoms with van der Waals surface area (Å²) in [5, 5.41) is 14.5. The molecular weight excluding hydrogens is 367 g/mol. The Morgan fingerprint density at radius 2 is 1.82 bits per heavy atom. The second-order valence-electron chi connectivity index (χ2n) is 6.48. The molecule has 3 N–H and O–H groups in total. The number of hydrogen-bond acceptors (Lipinski definition) is 4. The van der Waals surface area contributed by atoms with Crippen molar-refractivity contribution < 1.29 is 28.6 Å². The Morgan fingerprint density at radius 3 is 2.36 bits per heavy atom. The number of halogens is 1. The predicted octanol–water partition coefficient (Wildman–Crippen LogP) is 2.74. The molecule has 2 aromatic rings. The highest BCUT2D eigenvalue weighted by Crippen LogP contribution is 2.30. The summed E-state index contributed by atoms with van der Waals surface area (Å²) in [5.41, 5.74) is 0.845. The van der Waals surface area contributed by atoms with Gasteiger partial charge in [0, 0.05) is 17.2 Å². The van der Waals surface area contributed by atoms with Gasteiger partial charge in [-0.15, -0.1) is 0 Å². The average Bonchev–Trinajstić information content (AvgIpc) is 3.51. The van der Waals surface area contributed by atoms with Gasteiger partial charge in [-0.05, 0) is 54.8 Å². The highest BCUT2D eigenvalue weighted by molar-refractivity contribution is 5.98. The molecule has 1 fully saturated rings. The Labute approximate surface area is 160 Å². The maximum Gasteiger partial charge on any atom is 0.330 e. The maximum atomic E-state index is 13.9. The molecule has 0 bridgehead atoms. The van der Waals surface area contributed by atoms with Gasteiger partial charge in [-0.2, -0.15) is 0 Å². The lowest BCUT2D eigenvalue weighted by atomic mass is 10.1. The maximum absolute atomic E-state index is 13.9. The van der Waals surface area contributed by atoms with E-state index in [-0.39, 0.29) is 28.7 Å². The first kappa shape index (κ1) is 19.3. The molecule has 0 heterocycles. The van der Waals surface area contributed by atoms with Gasteiger partial charge < -0.3 is 20.5 Å². The molecule has 1 atom stereocenters. The number of methoxy groups -OCH3 is 1. The highest BCUT2D eigenvalue weighted by Gasteiger charge is 2.29. The lowest BCUT2D eigenvalue weighted by Crippen LogP contribution is -2.33. The van der Waals surface area contributed by atoms with Gasteiger partial charge in [0.15, 0.2) is 17.6 Å². The number of carbonyl (C=O) groups excluding carboxylic acids is 2. The summed E-state index contributed by atoms with van der Waals surface area (Å²) in [5.74, 6) is -2.71. The number of benzene rings is 2. The fourth-order valence-electron chi connectivity index (χ4n) is 2.66. The van der Waals surface area contributed by atoms with Gasteiger partial charge >= 0.3 is 5.97 Å². The Bertz CT molecular complexity index is 909. The van der Waals surface area contributed by atoms with Crippen molar-refractivity contribution in [1.82, 2.24) is 5.32 Å². The zero-order chi connectivity index (χ0) is 20.3. The van der Waals surface area contributed by atoms with Crippen LogP contribution in [0.15, 0.2) is 42.5 Å². The van der Waals surface area contributed by atoms with E-state index in [9.17, 15) is 23.9 Å². The molecule has 0 spiro atoms. The van der Waals surface area contributed by atoms with Crippen LogP contribution in [0, 0.1) is 11.7 Å². The molecule has 0 aliphatic heterocycles. The zero-order valence-electron chi connectivity index (χ0n) is 15.1. The van der Waals surface area contributed by atoms with E-state index in [0.717, 1.165) is 18.9 Å². The van der Waals surface area contributed by atoms with Crippen LogP contribution in [-0.4, -0.2) is 30.0 Å². The van der Waals surface area contributed by atoms with Gasteiger partial charge in [-0.1, -0.05) is 6.07 Å². The Morgan fingerprint density at radius 1 is 1.14 bits per heavy atom. The van der Waals surface area contributed by atoms with Crippen LogP contribution in [0.3, 0.4) is 0 Å². The van der Waals surface area contributed by atoms with E-state index in [2.05, 4.69) is 10.6 Å². The molecule has 146 valence electrons. The second kappa shape index (κ2) is 8.08. The van der Waals surface area contributed by atoms with Gasteiger partial charge in [0.2, 0.25) is 5.91 Å². The fraction of sp³-hybridized carbons (Fsp3) is 0.250. The van der Waals surface area contributed by atoms with Crippen LogP contribution in [0.2, 0.25) is 0 Å². The number of amides is 2. The number of rotatable bonds is 7. The third-order valence-corrected chi connectivity index (χ3v) is 4.39. The minimum Gasteiger partial charge on any atom is -0.494 e. The Kier molecular flexibility index (Phi) is 5.58. The van der Waals surface area contributed by atoms with Gasteiger partial charge in [0.1, 0.15) is 0 Å². The number of hydrogen-bond donors (Lipinski definition) is 3. The second-order valence-corrected chi connectivity index (χ2v) is 6.48. The van der Waals surface area contributed by atoms with Gasteiger partial charge in [-0.3, -0.25) is 9.59 Å². The van der Waals surface area contributed by atoms with Crippen molar-refractivity contribution in [1.29, 1.82) is 0 Å². The molecule has 8 heteroatoms. The molecule has 2 amide bonds. The lowest BCUT2D eigenvalue weighted by Gasteiger charge is -2.16. The molecule has 1 aliphatic rings. The molecule has 0 saturated heterocycles. The minimum atomic E-state index is -1.43. The van der Waals surface area contributed by atoms with Crippen LogP contribution in [0.1, 0.15) is 34.8 Å². The third-order valence-electron chi connectivity index (χ3n) is 4.39. The molecule has 1 aliphatic carbocycles. The van der Waals surface area contributed by atoms with Crippen molar-refractivity contribution in [2.75, 3.05) is 12.4 Å². The molecule has 0 aromatic heterocycles. The van der Waals surface area contributed by atoms with E-state index in [1.54, 1.807) is 12.1 Å². The normalized spacial score (nSPS) is 14.1. The van der Waals surface area contributed by atoms with E-state index >= 15 is 0 Å². The van der Waals surface area contributed by atoms with Crippen molar-refractivity contribution in [2.24, 2.45) is 5.92 Å². The number of carboxylic acids is 1. The SMILES string of the molecule is COc1ccc(C(NC(=O)c2ccc(NC(=O)C3CC3)cc2)C(=O)O)cc1F. The van der Waals surface area contributed by atoms with Crippen LogP contribution in [0.25, 0.3) is 0 Å². The molecular formula is C20H19FN2O5. The summed E-state index contributed by atoms with van der Waals surface area (Å²) in [7, 11) is 1.30.